The molecule has 0 aliphatic heterocycles. The van der Waals surface area contributed by atoms with Crippen molar-refractivity contribution >= 4 is 11.6 Å². The van der Waals surface area contributed by atoms with Gasteiger partial charge in [0.25, 0.3) is 0 Å². The maximum atomic E-state index is 4.18. The molecule has 0 spiro atoms. The minimum Gasteiger partial charge on any atom is -0.309 e. The molecule has 0 atom stereocenters. The molecule has 0 aromatic carbocycles. The Balaban J connectivity index is 2.30. The topological polar surface area (TPSA) is 29.0 Å². The van der Waals surface area contributed by atoms with Crippen LogP contribution in [0.5, 0.6) is 0 Å². The van der Waals surface area contributed by atoms with Crippen LogP contribution in [-0.2, 0) is 0 Å². The van der Waals surface area contributed by atoms with Gasteiger partial charge < -0.3 is 4.90 Å². The molecule has 14 heavy (non-hydrogen) atoms. The van der Waals surface area contributed by atoms with E-state index in [9.17, 15) is 0 Å². The molecule has 2 aromatic rings. The monoisotopic (exact) mass is 184 g/mol. The quantitative estimate of drug-likeness (QED) is 0.717. The standard InChI is InChI=1S/C11H10N3/c1-14(10-6-2-4-8-12-10)11-7-3-5-9-13-11/h2-9H,1H2. The molecule has 0 saturated heterocycles. The third-order valence-electron chi connectivity index (χ3n) is 1.85. The number of pyridine rings is 2. The molecule has 0 amide bonds. The Morgan fingerprint density at radius 3 is 1.71 bits per heavy atom. The first-order valence-electron chi connectivity index (χ1n) is 4.30. The zero-order valence-corrected chi connectivity index (χ0v) is 7.67. The molecule has 0 bridgehead atoms. The van der Waals surface area contributed by atoms with E-state index in [1.54, 1.807) is 17.3 Å². The van der Waals surface area contributed by atoms with E-state index in [-0.39, 0.29) is 0 Å². The highest BCUT2D eigenvalue weighted by atomic mass is 15.2. The van der Waals surface area contributed by atoms with Gasteiger partial charge in [0.2, 0.25) is 0 Å². The number of rotatable bonds is 2. The van der Waals surface area contributed by atoms with Crippen LogP contribution in [0.4, 0.5) is 11.6 Å². The van der Waals surface area contributed by atoms with Crippen molar-refractivity contribution in [1.29, 1.82) is 0 Å². The van der Waals surface area contributed by atoms with Gasteiger partial charge >= 0.3 is 0 Å². The van der Waals surface area contributed by atoms with Crippen molar-refractivity contribution in [2.45, 2.75) is 0 Å². The largest absolute Gasteiger partial charge is 0.309 e. The molecule has 0 N–H and O–H groups in total. The molecular formula is C11H10N3. The summed E-state index contributed by atoms with van der Waals surface area (Å²) < 4.78 is 0. The van der Waals surface area contributed by atoms with Crippen LogP contribution in [0.3, 0.4) is 0 Å². The van der Waals surface area contributed by atoms with Gasteiger partial charge in [-0.1, -0.05) is 12.1 Å². The third-order valence-corrected chi connectivity index (χ3v) is 1.85. The minimum atomic E-state index is 0.784. The van der Waals surface area contributed by atoms with Crippen LogP contribution in [-0.4, -0.2) is 9.97 Å². The van der Waals surface area contributed by atoms with Gasteiger partial charge in [0.15, 0.2) is 0 Å². The van der Waals surface area contributed by atoms with Crippen molar-refractivity contribution < 1.29 is 0 Å². The second-order valence-electron chi connectivity index (χ2n) is 2.80. The molecule has 3 nitrogen and oxygen atoms in total. The van der Waals surface area contributed by atoms with Crippen LogP contribution in [0.2, 0.25) is 0 Å². The Labute approximate surface area is 83.1 Å². The second-order valence-corrected chi connectivity index (χ2v) is 2.80. The molecule has 2 aromatic heterocycles. The summed E-state index contributed by atoms with van der Waals surface area (Å²) in [7, 11) is 3.89. The fraction of sp³-hybridized carbons (Fsp3) is 0. The number of aromatic nitrogens is 2. The van der Waals surface area contributed by atoms with E-state index in [1.807, 2.05) is 36.4 Å². The van der Waals surface area contributed by atoms with E-state index < -0.39 is 0 Å². The van der Waals surface area contributed by atoms with Crippen LogP contribution >= 0.6 is 0 Å². The highest BCUT2D eigenvalue weighted by Crippen LogP contribution is 2.18. The predicted octanol–water partition coefficient (Wildman–Crippen LogP) is 2.41. The van der Waals surface area contributed by atoms with Gasteiger partial charge in [-0.25, -0.2) is 9.97 Å². The maximum absolute atomic E-state index is 4.18. The molecule has 0 unspecified atom stereocenters. The van der Waals surface area contributed by atoms with E-state index in [0.717, 1.165) is 11.6 Å². The predicted molar refractivity (Wildman–Crippen MR) is 56.0 cm³/mol. The summed E-state index contributed by atoms with van der Waals surface area (Å²) in [5.41, 5.74) is 0. The lowest BCUT2D eigenvalue weighted by Crippen LogP contribution is -2.09. The van der Waals surface area contributed by atoms with E-state index >= 15 is 0 Å². The van der Waals surface area contributed by atoms with Crippen LogP contribution in [0.1, 0.15) is 0 Å². The van der Waals surface area contributed by atoms with Crippen molar-refractivity contribution in [2.24, 2.45) is 0 Å². The Kier molecular flexibility index (Phi) is 2.40. The normalized spacial score (nSPS) is 9.79. The fourth-order valence-corrected chi connectivity index (χ4v) is 1.14. The second kappa shape index (κ2) is 3.87. The van der Waals surface area contributed by atoms with Gasteiger partial charge in [0.1, 0.15) is 11.6 Å². The Hall–Kier alpha value is -1.90. The summed E-state index contributed by atoms with van der Waals surface area (Å²) in [6.45, 7) is 0. The van der Waals surface area contributed by atoms with E-state index in [1.165, 1.54) is 0 Å². The number of hydrogen-bond acceptors (Lipinski definition) is 3. The number of hydrogen-bond donors (Lipinski definition) is 0. The summed E-state index contributed by atoms with van der Waals surface area (Å²) in [6, 6.07) is 11.4. The van der Waals surface area contributed by atoms with Crippen LogP contribution in [0.15, 0.2) is 48.8 Å². The van der Waals surface area contributed by atoms with E-state index in [4.69, 9.17) is 0 Å². The van der Waals surface area contributed by atoms with Gasteiger partial charge in [-0.05, 0) is 24.3 Å². The van der Waals surface area contributed by atoms with Crippen molar-refractivity contribution in [3.05, 3.63) is 55.8 Å². The lowest BCUT2D eigenvalue weighted by atomic mass is 10.4. The average molecular weight is 184 g/mol. The van der Waals surface area contributed by atoms with Crippen LogP contribution in [0, 0.1) is 7.05 Å². The van der Waals surface area contributed by atoms with Crippen molar-refractivity contribution in [2.75, 3.05) is 4.90 Å². The Bertz CT molecular complexity index is 346. The molecule has 3 heteroatoms. The molecule has 0 saturated carbocycles. The molecule has 69 valence electrons. The highest BCUT2D eigenvalue weighted by molar-refractivity contribution is 5.55. The first-order valence-corrected chi connectivity index (χ1v) is 4.30. The van der Waals surface area contributed by atoms with Crippen molar-refractivity contribution in [3.8, 4) is 0 Å². The van der Waals surface area contributed by atoms with Gasteiger partial charge in [0, 0.05) is 19.4 Å². The SMILES string of the molecule is [CH2]N(c1ccccn1)c1ccccn1. The smallest absolute Gasteiger partial charge is 0.134 e. The maximum Gasteiger partial charge on any atom is 0.134 e. The molecule has 0 aliphatic carbocycles. The lowest BCUT2D eigenvalue weighted by Gasteiger charge is -2.15. The Morgan fingerprint density at radius 1 is 0.857 bits per heavy atom. The molecular weight excluding hydrogens is 174 g/mol. The highest BCUT2D eigenvalue weighted by Gasteiger charge is 2.03. The van der Waals surface area contributed by atoms with Crippen LogP contribution in [0.25, 0.3) is 0 Å². The summed E-state index contributed by atoms with van der Waals surface area (Å²) in [6.07, 6.45) is 3.47. The molecule has 0 fully saturated rings. The van der Waals surface area contributed by atoms with E-state index in [2.05, 4.69) is 17.0 Å². The molecule has 0 aliphatic rings. The average Bonchev–Trinajstić information content (AvgIpc) is 2.30. The molecule has 1 radical (unpaired) electrons. The summed E-state index contributed by atoms with van der Waals surface area (Å²) in [5.74, 6) is 1.57. The van der Waals surface area contributed by atoms with Crippen molar-refractivity contribution in [1.82, 2.24) is 9.97 Å². The zero-order chi connectivity index (χ0) is 9.80. The molecule has 2 rings (SSSR count). The van der Waals surface area contributed by atoms with Gasteiger partial charge in [0.05, 0.1) is 0 Å². The lowest BCUT2D eigenvalue weighted by molar-refractivity contribution is 1.12. The summed E-state index contributed by atoms with van der Waals surface area (Å²) >= 11 is 0. The number of anilines is 2. The van der Waals surface area contributed by atoms with E-state index in [0.29, 0.717) is 0 Å². The Morgan fingerprint density at radius 2 is 1.36 bits per heavy atom. The fourth-order valence-electron chi connectivity index (χ4n) is 1.14. The zero-order valence-electron chi connectivity index (χ0n) is 7.67. The third kappa shape index (κ3) is 1.71. The van der Waals surface area contributed by atoms with Crippen molar-refractivity contribution in [3.63, 3.8) is 0 Å². The van der Waals surface area contributed by atoms with Crippen LogP contribution < -0.4 is 4.90 Å². The summed E-state index contributed by atoms with van der Waals surface area (Å²) in [5, 5.41) is 0. The first-order chi connectivity index (χ1) is 6.88. The molecule has 2 heterocycles. The van der Waals surface area contributed by atoms with Gasteiger partial charge in [-0.2, -0.15) is 0 Å². The summed E-state index contributed by atoms with van der Waals surface area (Å²) in [4.78, 5) is 10.1. The first kappa shape index (κ1) is 8.69. The van der Waals surface area contributed by atoms with Gasteiger partial charge in [-0.15, -0.1) is 0 Å². The number of nitrogens with zero attached hydrogens (tertiary/aromatic N) is 3. The van der Waals surface area contributed by atoms with Gasteiger partial charge in [-0.3, -0.25) is 0 Å². The minimum absolute atomic E-state index is 0.784.